The average molecular weight is 442 g/mol. The van der Waals surface area contributed by atoms with Gasteiger partial charge in [0.2, 0.25) is 5.91 Å². The molecular formula is C28H27NO2S. The standard InChI is InChI=1S/C28H27NO2S/c30-28(18-21-11-14-27(15-12-21)31-19-22-6-2-1-3-7-22)29-26(20-32)17-23-10-13-24-8-4-5-9-25(24)16-23/h1-16,26,32H,17-20H2,(H,29,30)/t26-/m1/s1. The minimum Gasteiger partial charge on any atom is -0.489 e. The highest BCUT2D eigenvalue weighted by Gasteiger charge is 2.13. The predicted molar refractivity (Wildman–Crippen MR) is 134 cm³/mol. The molecule has 4 heteroatoms. The first-order chi connectivity index (χ1) is 15.7. The first-order valence-corrected chi connectivity index (χ1v) is 11.5. The summed E-state index contributed by atoms with van der Waals surface area (Å²) in [4.78, 5) is 12.6. The Morgan fingerprint density at radius 1 is 0.781 bits per heavy atom. The highest BCUT2D eigenvalue weighted by molar-refractivity contribution is 7.80. The fourth-order valence-corrected chi connectivity index (χ4v) is 3.94. The summed E-state index contributed by atoms with van der Waals surface area (Å²) in [7, 11) is 0. The lowest BCUT2D eigenvalue weighted by Crippen LogP contribution is -2.38. The van der Waals surface area contributed by atoms with Crippen molar-refractivity contribution in [3.05, 3.63) is 114 Å². The van der Waals surface area contributed by atoms with Gasteiger partial charge in [-0.2, -0.15) is 12.6 Å². The summed E-state index contributed by atoms with van der Waals surface area (Å²) in [6, 6.07) is 32.5. The van der Waals surface area contributed by atoms with Gasteiger partial charge in [-0.25, -0.2) is 0 Å². The summed E-state index contributed by atoms with van der Waals surface area (Å²) in [6.07, 6.45) is 1.09. The number of rotatable bonds is 9. The molecule has 32 heavy (non-hydrogen) atoms. The Kier molecular flexibility index (Phi) is 7.47. The Hall–Kier alpha value is -3.24. The van der Waals surface area contributed by atoms with E-state index < -0.39 is 0 Å². The van der Waals surface area contributed by atoms with Crippen LogP contribution in [0.5, 0.6) is 5.75 Å². The second-order valence-electron chi connectivity index (χ2n) is 7.93. The van der Waals surface area contributed by atoms with Gasteiger partial charge in [-0.1, -0.05) is 84.9 Å². The number of benzene rings is 4. The van der Waals surface area contributed by atoms with Crippen LogP contribution in [0.4, 0.5) is 0 Å². The molecule has 4 rings (SSSR count). The number of nitrogens with one attached hydrogen (secondary N) is 1. The summed E-state index contributed by atoms with van der Waals surface area (Å²) >= 11 is 4.46. The van der Waals surface area contributed by atoms with Crippen molar-refractivity contribution in [3.8, 4) is 5.75 Å². The van der Waals surface area contributed by atoms with Crippen molar-refractivity contribution >= 4 is 29.3 Å². The average Bonchev–Trinajstić information content (AvgIpc) is 2.83. The molecule has 1 amide bonds. The number of thiol groups is 1. The molecule has 0 saturated heterocycles. The van der Waals surface area contributed by atoms with Gasteiger partial charge in [0, 0.05) is 11.8 Å². The molecule has 0 aliphatic heterocycles. The van der Waals surface area contributed by atoms with Gasteiger partial charge in [-0.3, -0.25) is 4.79 Å². The summed E-state index contributed by atoms with van der Waals surface area (Å²) < 4.78 is 5.82. The molecule has 1 N–H and O–H groups in total. The quantitative estimate of drug-likeness (QED) is 0.331. The van der Waals surface area contributed by atoms with Crippen molar-refractivity contribution < 1.29 is 9.53 Å². The third kappa shape index (κ3) is 6.14. The second kappa shape index (κ2) is 10.9. The van der Waals surface area contributed by atoms with Crippen molar-refractivity contribution in [1.82, 2.24) is 5.32 Å². The Bertz CT molecular complexity index is 1160. The van der Waals surface area contributed by atoms with Crippen LogP contribution in [0.3, 0.4) is 0 Å². The molecule has 0 unspecified atom stereocenters. The monoisotopic (exact) mass is 441 g/mol. The number of fused-ring (bicyclic) bond motifs is 1. The van der Waals surface area contributed by atoms with Gasteiger partial charge in [0.15, 0.2) is 0 Å². The van der Waals surface area contributed by atoms with E-state index in [1.807, 2.05) is 66.7 Å². The summed E-state index contributed by atoms with van der Waals surface area (Å²) in [5.74, 6) is 1.38. The maximum atomic E-state index is 12.6. The molecule has 0 bridgehead atoms. The molecule has 0 fully saturated rings. The van der Waals surface area contributed by atoms with Crippen molar-refractivity contribution in [2.24, 2.45) is 0 Å². The molecule has 0 aromatic heterocycles. The fraction of sp³-hybridized carbons (Fsp3) is 0.179. The highest BCUT2D eigenvalue weighted by atomic mass is 32.1. The van der Waals surface area contributed by atoms with Crippen LogP contribution in [-0.2, 0) is 24.2 Å². The number of ether oxygens (including phenoxy) is 1. The number of hydrogen-bond acceptors (Lipinski definition) is 3. The lowest BCUT2D eigenvalue weighted by Gasteiger charge is -2.17. The SMILES string of the molecule is O=C(Cc1ccc(OCc2ccccc2)cc1)N[C@@H](CS)Cc1ccc2ccccc2c1. The van der Waals surface area contributed by atoms with Crippen LogP contribution in [0, 0.1) is 0 Å². The van der Waals surface area contributed by atoms with Gasteiger partial charge < -0.3 is 10.1 Å². The van der Waals surface area contributed by atoms with Crippen LogP contribution >= 0.6 is 12.6 Å². The van der Waals surface area contributed by atoms with E-state index in [0.717, 1.165) is 23.3 Å². The van der Waals surface area contributed by atoms with E-state index in [9.17, 15) is 4.79 Å². The maximum absolute atomic E-state index is 12.6. The molecule has 3 nitrogen and oxygen atoms in total. The van der Waals surface area contributed by atoms with Gasteiger partial charge in [-0.05, 0) is 46.0 Å². The summed E-state index contributed by atoms with van der Waals surface area (Å²) in [6.45, 7) is 0.527. The highest BCUT2D eigenvalue weighted by Crippen LogP contribution is 2.18. The van der Waals surface area contributed by atoms with E-state index in [4.69, 9.17) is 4.74 Å². The zero-order valence-corrected chi connectivity index (χ0v) is 18.8. The minimum absolute atomic E-state index is 0.00259. The fourth-order valence-electron chi connectivity index (χ4n) is 3.72. The lowest BCUT2D eigenvalue weighted by atomic mass is 10.0. The third-order valence-corrected chi connectivity index (χ3v) is 5.86. The Morgan fingerprint density at radius 3 is 2.22 bits per heavy atom. The van der Waals surface area contributed by atoms with Gasteiger partial charge in [-0.15, -0.1) is 0 Å². The summed E-state index contributed by atoms with van der Waals surface area (Å²) in [5.41, 5.74) is 3.28. The van der Waals surface area contributed by atoms with E-state index >= 15 is 0 Å². The van der Waals surface area contributed by atoms with Crippen molar-refractivity contribution in [2.45, 2.75) is 25.5 Å². The Labute approximate surface area is 194 Å². The predicted octanol–water partition coefficient (Wildman–Crippen LogP) is 5.62. The van der Waals surface area contributed by atoms with Gasteiger partial charge in [0.05, 0.1) is 6.42 Å². The van der Waals surface area contributed by atoms with E-state index in [-0.39, 0.29) is 11.9 Å². The van der Waals surface area contributed by atoms with Crippen LogP contribution in [-0.4, -0.2) is 17.7 Å². The number of carbonyl (C=O) groups excluding carboxylic acids is 1. The molecule has 0 radical (unpaired) electrons. The second-order valence-corrected chi connectivity index (χ2v) is 8.29. The van der Waals surface area contributed by atoms with Crippen molar-refractivity contribution in [2.75, 3.05) is 5.75 Å². The number of carbonyl (C=O) groups is 1. The van der Waals surface area contributed by atoms with E-state index in [1.54, 1.807) is 0 Å². The van der Waals surface area contributed by atoms with Crippen LogP contribution in [0.25, 0.3) is 10.8 Å². The zero-order chi connectivity index (χ0) is 22.2. The molecule has 4 aromatic rings. The van der Waals surface area contributed by atoms with Crippen LogP contribution < -0.4 is 10.1 Å². The van der Waals surface area contributed by atoms with Crippen LogP contribution in [0.1, 0.15) is 16.7 Å². The normalized spacial score (nSPS) is 11.8. The summed E-state index contributed by atoms with van der Waals surface area (Å²) in [5, 5.41) is 5.56. The van der Waals surface area contributed by atoms with E-state index in [1.165, 1.54) is 16.3 Å². The number of amides is 1. The first kappa shape index (κ1) is 22.0. The minimum atomic E-state index is -0.0134. The third-order valence-electron chi connectivity index (χ3n) is 5.42. The van der Waals surface area contributed by atoms with Crippen molar-refractivity contribution in [1.29, 1.82) is 0 Å². The van der Waals surface area contributed by atoms with Gasteiger partial charge >= 0.3 is 0 Å². The van der Waals surface area contributed by atoms with Gasteiger partial charge in [0.25, 0.3) is 0 Å². The van der Waals surface area contributed by atoms with Crippen LogP contribution in [0.2, 0.25) is 0 Å². The first-order valence-electron chi connectivity index (χ1n) is 10.8. The molecule has 1 atom stereocenters. The molecule has 0 aliphatic carbocycles. The topological polar surface area (TPSA) is 38.3 Å². The molecule has 162 valence electrons. The van der Waals surface area contributed by atoms with Gasteiger partial charge in [0.1, 0.15) is 12.4 Å². The largest absolute Gasteiger partial charge is 0.489 e. The molecule has 4 aromatic carbocycles. The van der Waals surface area contributed by atoms with E-state index in [0.29, 0.717) is 18.8 Å². The van der Waals surface area contributed by atoms with Crippen LogP contribution in [0.15, 0.2) is 97.1 Å². The Balaban J connectivity index is 1.29. The maximum Gasteiger partial charge on any atom is 0.224 e. The molecule has 0 heterocycles. The zero-order valence-electron chi connectivity index (χ0n) is 17.9. The molecule has 0 saturated carbocycles. The van der Waals surface area contributed by atoms with E-state index in [2.05, 4.69) is 48.3 Å². The molecule has 0 aliphatic rings. The Morgan fingerprint density at radius 2 is 1.47 bits per heavy atom. The molecule has 0 spiro atoms. The lowest BCUT2D eigenvalue weighted by molar-refractivity contribution is -0.121. The molecular weight excluding hydrogens is 414 g/mol. The van der Waals surface area contributed by atoms with Crippen molar-refractivity contribution in [3.63, 3.8) is 0 Å². The number of hydrogen-bond donors (Lipinski definition) is 2. The smallest absolute Gasteiger partial charge is 0.224 e.